The number of nitrogen functional groups attached to an aromatic ring is 1. The van der Waals surface area contributed by atoms with Gasteiger partial charge < -0.3 is 31.5 Å². The van der Waals surface area contributed by atoms with E-state index in [2.05, 4.69) is 5.32 Å². The first-order valence-corrected chi connectivity index (χ1v) is 5.98. The molecule has 0 unspecified atom stereocenters. The van der Waals surface area contributed by atoms with Crippen LogP contribution < -0.4 is 11.1 Å². The molecule has 0 aliphatic carbocycles. The molecule has 0 saturated carbocycles. The number of hydrogen-bond donors (Lipinski definition) is 6. The number of carbonyl (C=O) groups is 2. The molecule has 0 bridgehead atoms. The van der Waals surface area contributed by atoms with Crippen molar-refractivity contribution < 1.29 is 30.0 Å². The van der Waals surface area contributed by atoms with Crippen LogP contribution in [0.1, 0.15) is 20.7 Å². The number of carboxylic acids is 2. The van der Waals surface area contributed by atoms with E-state index < -0.39 is 23.4 Å². The number of phenols is 2. The molecule has 2 aromatic carbocycles. The van der Waals surface area contributed by atoms with Gasteiger partial charge in [-0.25, -0.2) is 9.59 Å². The second kappa shape index (κ2) is 5.52. The molecule has 0 heterocycles. The van der Waals surface area contributed by atoms with Crippen molar-refractivity contribution in [1.29, 1.82) is 0 Å². The van der Waals surface area contributed by atoms with Crippen molar-refractivity contribution in [2.75, 3.05) is 11.1 Å². The van der Waals surface area contributed by atoms with E-state index in [0.29, 0.717) is 0 Å². The Hall–Kier alpha value is -3.42. The smallest absolute Gasteiger partial charge is 0.339 e. The first-order valence-electron chi connectivity index (χ1n) is 5.98. The van der Waals surface area contributed by atoms with Gasteiger partial charge in [0.05, 0.1) is 5.69 Å². The van der Waals surface area contributed by atoms with Crippen molar-refractivity contribution in [3.05, 3.63) is 41.5 Å². The zero-order chi connectivity index (χ0) is 16.4. The SMILES string of the molecule is Nc1cc(Nc2ccc(O)c(C(=O)O)c2)c(O)c(C(=O)O)c1. The second-order valence-corrected chi connectivity index (χ2v) is 4.43. The molecule has 0 saturated heterocycles. The van der Waals surface area contributed by atoms with E-state index in [0.717, 1.165) is 18.2 Å². The number of rotatable bonds is 4. The van der Waals surface area contributed by atoms with Crippen LogP contribution in [0.15, 0.2) is 30.3 Å². The average molecular weight is 304 g/mol. The Kier molecular flexibility index (Phi) is 3.76. The molecule has 2 rings (SSSR count). The maximum absolute atomic E-state index is 11.0. The van der Waals surface area contributed by atoms with E-state index in [4.69, 9.17) is 15.9 Å². The van der Waals surface area contributed by atoms with Gasteiger partial charge in [-0.2, -0.15) is 0 Å². The number of carboxylic acid groups (broad SMARTS) is 2. The molecule has 0 aromatic heterocycles. The number of nitrogens with one attached hydrogen (secondary N) is 1. The summed E-state index contributed by atoms with van der Waals surface area (Å²) in [7, 11) is 0. The van der Waals surface area contributed by atoms with E-state index in [1.165, 1.54) is 12.1 Å². The quantitative estimate of drug-likeness (QED) is 0.284. The molecule has 0 aliphatic rings. The van der Waals surface area contributed by atoms with Crippen molar-refractivity contribution in [1.82, 2.24) is 0 Å². The highest BCUT2D eigenvalue weighted by Crippen LogP contribution is 2.34. The summed E-state index contributed by atoms with van der Waals surface area (Å²) in [6, 6.07) is 6.07. The van der Waals surface area contributed by atoms with E-state index in [1.54, 1.807) is 0 Å². The van der Waals surface area contributed by atoms with Gasteiger partial charge in [0.2, 0.25) is 0 Å². The Bertz CT molecular complexity index is 772. The van der Waals surface area contributed by atoms with E-state index in [1.807, 2.05) is 0 Å². The standard InChI is InChI=1S/C14H12N2O6/c15-6-3-9(14(21)22)12(18)10(4-6)16-7-1-2-11(17)8(5-7)13(19)20/h1-5,16-18H,15H2,(H,19,20)(H,21,22). The van der Waals surface area contributed by atoms with E-state index in [9.17, 15) is 19.8 Å². The summed E-state index contributed by atoms with van der Waals surface area (Å²) < 4.78 is 0. The normalized spacial score (nSPS) is 10.2. The van der Waals surface area contributed by atoms with Crippen molar-refractivity contribution in [2.24, 2.45) is 0 Å². The monoisotopic (exact) mass is 304 g/mol. The van der Waals surface area contributed by atoms with Crippen LogP contribution in [0.25, 0.3) is 0 Å². The van der Waals surface area contributed by atoms with Crippen LogP contribution in [0.4, 0.5) is 17.1 Å². The molecule has 0 spiro atoms. The van der Waals surface area contributed by atoms with Gasteiger partial charge in [-0.15, -0.1) is 0 Å². The highest BCUT2D eigenvalue weighted by Gasteiger charge is 2.16. The summed E-state index contributed by atoms with van der Waals surface area (Å²) in [5.41, 5.74) is 5.18. The van der Waals surface area contributed by atoms with Gasteiger partial charge in [0, 0.05) is 11.4 Å². The van der Waals surface area contributed by atoms with Gasteiger partial charge in [-0.1, -0.05) is 0 Å². The zero-order valence-electron chi connectivity index (χ0n) is 11.1. The summed E-state index contributed by atoms with van der Waals surface area (Å²) in [5, 5.41) is 39.9. The summed E-state index contributed by atoms with van der Waals surface area (Å²) in [6.45, 7) is 0. The topological polar surface area (TPSA) is 153 Å². The van der Waals surface area contributed by atoms with Crippen molar-refractivity contribution in [3.63, 3.8) is 0 Å². The third kappa shape index (κ3) is 2.85. The predicted octanol–water partition coefficient (Wildman–Crippen LogP) is 1.82. The maximum atomic E-state index is 11.0. The third-order valence-electron chi connectivity index (χ3n) is 2.87. The molecule has 8 nitrogen and oxygen atoms in total. The summed E-state index contributed by atoms with van der Waals surface area (Å²) in [6.07, 6.45) is 0. The average Bonchev–Trinajstić information content (AvgIpc) is 2.43. The lowest BCUT2D eigenvalue weighted by Gasteiger charge is -2.12. The molecule has 8 heteroatoms. The zero-order valence-corrected chi connectivity index (χ0v) is 11.1. The lowest BCUT2D eigenvalue weighted by molar-refractivity contribution is 0.0682. The molecule has 0 aliphatic heterocycles. The largest absolute Gasteiger partial charge is 0.507 e. The van der Waals surface area contributed by atoms with Crippen molar-refractivity contribution in [2.45, 2.75) is 0 Å². The summed E-state index contributed by atoms with van der Waals surface area (Å²) >= 11 is 0. The van der Waals surface area contributed by atoms with E-state index in [-0.39, 0.29) is 28.2 Å². The Labute approximate surface area is 124 Å². The first kappa shape index (κ1) is 15.0. The van der Waals surface area contributed by atoms with E-state index >= 15 is 0 Å². The Morgan fingerprint density at radius 1 is 0.955 bits per heavy atom. The first-order chi connectivity index (χ1) is 10.3. The highest BCUT2D eigenvalue weighted by atomic mass is 16.4. The molecule has 0 amide bonds. The lowest BCUT2D eigenvalue weighted by Crippen LogP contribution is -2.03. The fraction of sp³-hybridized carbons (Fsp3) is 0. The van der Waals surface area contributed by atoms with Gasteiger partial charge >= 0.3 is 11.9 Å². The third-order valence-corrected chi connectivity index (χ3v) is 2.87. The van der Waals surface area contributed by atoms with Crippen molar-refractivity contribution >= 4 is 29.0 Å². The number of aromatic hydroxyl groups is 2. The second-order valence-electron chi connectivity index (χ2n) is 4.43. The summed E-state index contributed by atoms with van der Waals surface area (Å²) in [5.74, 6) is -3.64. The fourth-order valence-electron chi connectivity index (χ4n) is 1.86. The number of aromatic carboxylic acids is 2. The molecule has 7 N–H and O–H groups in total. The van der Waals surface area contributed by atoms with Gasteiger partial charge in [-0.05, 0) is 30.3 Å². The Morgan fingerprint density at radius 3 is 2.18 bits per heavy atom. The Balaban J connectivity index is 2.45. The molecule has 0 atom stereocenters. The van der Waals surface area contributed by atoms with Crippen LogP contribution in [0, 0.1) is 0 Å². The van der Waals surface area contributed by atoms with Crippen LogP contribution >= 0.6 is 0 Å². The molecule has 0 radical (unpaired) electrons. The number of anilines is 3. The molecule has 0 fully saturated rings. The fourth-order valence-corrected chi connectivity index (χ4v) is 1.86. The molecular formula is C14H12N2O6. The number of benzene rings is 2. The molecule has 22 heavy (non-hydrogen) atoms. The molecular weight excluding hydrogens is 292 g/mol. The van der Waals surface area contributed by atoms with Crippen LogP contribution in [0.3, 0.4) is 0 Å². The van der Waals surface area contributed by atoms with Crippen molar-refractivity contribution in [3.8, 4) is 11.5 Å². The van der Waals surface area contributed by atoms with Crippen LogP contribution in [-0.4, -0.2) is 32.4 Å². The highest BCUT2D eigenvalue weighted by molar-refractivity contribution is 5.96. The minimum absolute atomic E-state index is 0.000529. The Morgan fingerprint density at radius 2 is 1.59 bits per heavy atom. The van der Waals surface area contributed by atoms with Gasteiger partial charge in [0.15, 0.2) is 5.75 Å². The number of hydrogen-bond acceptors (Lipinski definition) is 6. The molecule has 2 aromatic rings. The lowest BCUT2D eigenvalue weighted by atomic mass is 10.1. The van der Waals surface area contributed by atoms with Crippen LogP contribution in [0.5, 0.6) is 11.5 Å². The predicted molar refractivity (Wildman–Crippen MR) is 77.8 cm³/mol. The van der Waals surface area contributed by atoms with Gasteiger partial charge in [-0.3, -0.25) is 0 Å². The molecule has 114 valence electrons. The minimum atomic E-state index is -1.36. The van der Waals surface area contributed by atoms with Gasteiger partial charge in [0.25, 0.3) is 0 Å². The van der Waals surface area contributed by atoms with Gasteiger partial charge in [0.1, 0.15) is 16.9 Å². The summed E-state index contributed by atoms with van der Waals surface area (Å²) in [4.78, 5) is 22.0. The van der Waals surface area contributed by atoms with Crippen LogP contribution in [0.2, 0.25) is 0 Å². The maximum Gasteiger partial charge on any atom is 0.339 e. The minimum Gasteiger partial charge on any atom is -0.507 e. The number of nitrogens with two attached hydrogens (primary N) is 1. The van der Waals surface area contributed by atoms with Crippen LogP contribution in [-0.2, 0) is 0 Å².